The van der Waals surface area contributed by atoms with Crippen molar-refractivity contribution in [3.63, 3.8) is 0 Å². The summed E-state index contributed by atoms with van der Waals surface area (Å²) in [6, 6.07) is 24.5. The highest BCUT2D eigenvalue weighted by Crippen LogP contribution is 2.41. The van der Waals surface area contributed by atoms with E-state index >= 15 is 0 Å². The van der Waals surface area contributed by atoms with Gasteiger partial charge in [0, 0.05) is 41.9 Å². The SMILES string of the molecule is CCc1ccccc1NC(=O)CCN1C(=S)N[C@@H](c2ccccn2)[C@@H]1c1cc(C)n(-c2ccc(C)cc2)c1C. The molecule has 39 heavy (non-hydrogen) atoms. The molecule has 2 atom stereocenters. The van der Waals surface area contributed by atoms with Gasteiger partial charge in [0.05, 0.1) is 17.8 Å². The Hall–Kier alpha value is -3.97. The normalized spacial score (nSPS) is 16.8. The molecule has 2 N–H and O–H groups in total. The summed E-state index contributed by atoms with van der Waals surface area (Å²) in [5.74, 6) is -0.0242. The van der Waals surface area contributed by atoms with E-state index in [0.717, 1.165) is 40.4 Å². The number of carbonyl (C=O) groups is 1. The summed E-state index contributed by atoms with van der Waals surface area (Å²) < 4.78 is 2.29. The number of amides is 1. The first-order valence-electron chi connectivity index (χ1n) is 13.5. The molecule has 1 fully saturated rings. The van der Waals surface area contributed by atoms with Gasteiger partial charge >= 0.3 is 0 Å². The number of pyridine rings is 1. The molecule has 200 valence electrons. The molecule has 3 heterocycles. The quantitative estimate of drug-likeness (QED) is 0.256. The molecular weight excluding hydrogens is 502 g/mol. The fourth-order valence-corrected chi connectivity index (χ4v) is 5.88. The average molecular weight is 538 g/mol. The molecule has 6 nitrogen and oxygen atoms in total. The molecule has 4 aromatic rings. The maximum atomic E-state index is 13.1. The fraction of sp³-hybridized carbons (Fsp3) is 0.281. The number of rotatable bonds is 8. The molecule has 2 aromatic carbocycles. The lowest BCUT2D eigenvalue weighted by atomic mass is 9.96. The Bertz CT molecular complexity index is 1480. The Morgan fingerprint density at radius 3 is 2.49 bits per heavy atom. The van der Waals surface area contributed by atoms with Crippen LogP contribution in [-0.4, -0.2) is 32.0 Å². The van der Waals surface area contributed by atoms with Crippen molar-refractivity contribution in [2.75, 3.05) is 11.9 Å². The summed E-state index contributed by atoms with van der Waals surface area (Å²) in [5.41, 5.74) is 8.76. The van der Waals surface area contributed by atoms with Gasteiger partial charge in [-0.05, 0) is 86.9 Å². The van der Waals surface area contributed by atoms with Crippen LogP contribution in [0.3, 0.4) is 0 Å². The average Bonchev–Trinajstić information content (AvgIpc) is 3.43. The maximum absolute atomic E-state index is 13.1. The fourth-order valence-electron chi connectivity index (χ4n) is 5.55. The second-order valence-corrected chi connectivity index (χ2v) is 10.5. The van der Waals surface area contributed by atoms with E-state index in [9.17, 15) is 4.79 Å². The van der Waals surface area contributed by atoms with E-state index in [-0.39, 0.29) is 18.0 Å². The van der Waals surface area contributed by atoms with Crippen molar-refractivity contribution in [1.29, 1.82) is 0 Å². The van der Waals surface area contributed by atoms with Crippen LogP contribution in [0.2, 0.25) is 0 Å². The van der Waals surface area contributed by atoms with E-state index in [4.69, 9.17) is 12.2 Å². The topological polar surface area (TPSA) is 62.2 Å². The first-order chi connectivity index (χ1) is 18.9. The third kappa shape index (κ3) is 5.45. The lowest BCUT2D eigenvalue weighted by molar-refractivity contribution is -0.116. The number of nitrogens with zero attached hydrogens (tertiary/aromatic N) is 3. The van der Waals surface area contributed by atoms with Gasteiger partial charge in [-0.1, -0.05) is 48.9 Å². The van der Waals surface area contributed by atoms with E-state index in [0.29, 0.717) is 18.1 Å². The van der Waals surface area contributed by atoms with E-state index in [1.165, 1.54) is 11.1 Å². The lowest BCUT2D eigenvalue weighted by Crippen LogP contribution is -2.33. The maximum Gasteiger partial charge on any atom is 0.226 e. The van der Waals surface area contributed by atoms with Crippen LogP contribution in [0.25, 0.3) is 5.69 Å². The van der Waals surface area contributed by atoms with Crippen molar-refractivity contribution in [1.82, 2.24) is 19.8 Å². The number of aromatic nitrogens is 2. The largest absolute Gasteiger partial charge is 0.352 e. The van der Waals surface area contributed by atoms with Gasteiger partial charge in [-0.15, -0.1) is 0 Å². The van der Waals surface area contributed by atoms with Gasteiger partial charge in [0.1, 0.15) is 0 Å². The zero-order valence-corrected chi connectivity index (χ0v) is 23.8. The molecule has 1 aliphatic rings. The van der Waals surface area contributed by atoms with Crippen molar-refractivity contribution in [2.45, 2.75) is 52.6 Å². The molecule has 1 aliphatic heterocycles. The van der Waals surface area contributed by atoms with Crippen LogP contribution in [-0.2, 0) is 11.2 Å². The second-order valence-electron chi connectivity index (χ2n) is 10.1. The van der Waals surface area contributed by atoms with Gasteiger partial charge in [0.15, 0.2) is 5.11 Å². The zero-order valence-electron chi connectivity index (χ0n) is 22.9. The van der Waals surface area contributed by atoms with Gasteiger partial charge < -0.3 is 20.1 Å². The zero-order chi connectivity index (χ0) is 27.5. The van der Waals surface area contributed by atoms with Gasteiger partial charge in [-0.25, -0.2) is 0 Å². The summed E-state index contributed by atoms with van der Waals surface area (Å²) >= 11 is 5.86. The molecule has 2 aromatic heterocycles. The number of anilines is 1. The number of aryl methyl sites for hydroxylation is 3. The minimum Gasteiger partial charge on any atom is -0.352 e. The summed E-state index contributed by atoms with van der Waals surface area (Å²) in [7, 11) is 0. The number of para-hydroxylation sites is 1. The number of hydrogen-bond acceptors (Lipinski definition) is 3. The number of hydrogen-bond donors (Lipinski definition) is 2. The van der Waals surface area contributed by atoms with E-state index < -0.39 is 0 Å². The van der Waals surface area contributed by atoms with E-state index in [2.05, 4.69) is 83.1 Å². The van der Waals surface area contributed by atoms with Crippen LogP contribution < -0.4 is 10.6 Å². The second kappa shape index (κ2) is 11.4. The summed E-state index contributed by atoms with van der Waals surface area (Å²) in [4.78, 5) is 19.9. The Balaban J connectivity index is 1.46. The predicted molar refractivity (Wildman–Crippen MR) is 161 cm³/mol. The summed E-state index contributed by atoms with van der Waals surface area (Å²) in [6.45, 7) is 8.98. The van der Waals surface area contributed by atoms with Crippen LogP contribution in [0.1, 0.15) is 59.2 Å². The number of thiocarbonyl (C=S) groups is 1. The van der Waals surface area contributed by atoms with Crippen molar-refractivity contribution in [2.24, 2.45) is 0 Å². The van der Waals surface area contributed by atoms with Crippen LogP contribution in [0.15, 0.2) is 79.0 Å². The van der Waals surface area contributed by atoms with Crippen LogP contribution in [0.4, 0.5) is 5.69 Å². The smallest absolute Gasteiger partial charge is 0.226 e. The van der Waals surface area contributed by atoms with E-state index in [1.807, 2.05) is 48.7 Å². The molecule has 0 unspecified atom stereocenters. The van der Waals surface area contributed by atoms with Crippen LogP contribution in [0.5, 0.6) is 0 Å². The Labute approximate surface area is 236 Å². The standard InChI is InChI=1S/C32H35N5OS/c1-5-24-10-6-7-11-27(24)34-29(38)17-19-36-31(30(35-32(36)39)28-12-8-9-18-33-28)26-20-22(3)37(23(26)4)25-15-13-21(2)14-16-25/h6-16,18,20,30-31H,5,17,19H2,1-4H3,(H,34,38)(H,35,39)/t30-,31-/m0/s1. The highest BCUT2D eigenvalue weighted by Gasteiger charge is 2.41. The minimum atomic E-state index is -0.130. The van der Waals surface area contributed by atoms with Crippen molar-refractivity contribution < 1.29 is 4.79 Å². The minimum absolute atomic E-state index is 0.0242. The van der Waals surface area contributed by atoms with Gasteiger partial charge in [0.25, 0.3) is 0 Å². The van der Waals surface area contributed by atoms with Gasteiger partial charge in [0.2, 0.25) is 5.91 Å². The summed E-state index contributed by atoms with van der Waals surface area (Å²) in [6.07, 6.45) is 3.00. The monoisotopic (exact) mass is 537 g/mol. The Kier molecular flexibility index (Phi) is 7.79. The summed E-state index contributed by atoms with van der Waals surface area (Å²) in [5, 5.41) is 7.26. The van der Waals surface area contributed by atoms with Crippen molar-refractivity contribution in [3.8, 4) is 5.69 Å². The first-order valence-corrected chi connectivity index (χ1v) is 13.9. The van der Waals surface area contributed by atoms with Crippen molar-refractivity contribution >= 4 is 28.9 Å². The molecule has 1 amide bonds. The molecule has 0 saturated carbocycles. The molecular formula is C32H35N5OS. The van der Waals surface area contributed by atoms with Crippen molar-refractivity contribution in [3.05, 3.63) is 113 Å². The van der Waals surface area contributed by atoms with E-state index in [1.54, 1.807) is 0 Å². The Morgan fingerprint density at radius 1 is 1.03 bits per heavy atom. The van der Waals surface area contributed by atoms with Gasteiger partial charge in [-0.3, -0.25) is 9.78 Å². The molecule has 7 heteroatoms. The lowest BCUT2D eigenvalue weighted by Gasteiger charge is -2.28. The number of carbonyl (C=O) groups excluding carboxylic acids is 1. The third-order valence-corrected chi connectivity index (χ3v) is 7.88. The highest BCUT2D eigenvalue weighted by atomic mass is 32.1. The number of nitrogens with one attached hydrogen (secondary N) is 2. The molecule has 5 rings (SSSR count). The molecule has 0 radical (unpaired) electrons. The third-order valence-electron chi connectivity index (χ3n) is 7.53. The van der Waals surface area contributed by atoms with Crippen LogP contribution >= 0.6 is 12.2 Å². The molecule has 0 aliphatic carbocycles. The number of benzene rings is 2. The Morgan fingerprint density at radius 2 is 1.77 bits per heavy atom. The van der Waals surface area contributed by atoms with Gasteiger partial charge in [-0.2, -0.15) is 0 Å². The van der Waals surface area contributed by atoms with Crippen LogP contribution in [0, 0.1) is 20.8 Å². The predicted octanol–water partition coefficient (Wildman–Crippen LogP) is 6.36. The first kappa shape index (κ1) is 26.6. The molecule has 0 bridgehead atoms. The molecule has 0 spiro atoms. The highest BCUT2D eigenvalue weighted by molar-refractivity contribution is 7.80. The molecule has 1 saturated heterocycles.